The molecule has 0 bridgehead atoms. The first kappa shape index (κ1) is 19.0. The number of anilines is 1. The minimum Gasteiger partial charge on any atom is -0.373 e. The lowest BCUT2D eigenvalue weighted by Crippen LogP contribution is -2.42. The van der Waals surface area contributed by atoms with Gasteiger partial charge in [-0.2, -0.15) is 13.2 Å². The number of amides is 1. The topological polar surface area (TPSA) is 82.7 Å². The fourth-order valence-corrected chi connectivity index (χ4v) is 2.70. The quantitative estimate of drug-likeness (QED) is 0.612. The molecule has 3 aromatic heterocycles. The monoisotopic (exact) mass is 397 g/mol. The Hall–Kier alpha value is -2.81. The maximum atomic E-state index is 12.2. The van der Waals surface area contributed by atoms with E-state index in [4.69, 9.17) is 11.6 Å². The van der Waals surface area contributed by atoms with Crippen molar-refractivity contribution in [2.45, 2.75) is 19.1 Å². The fourth-order valence-electron chi connectivity index (χ4n) is 2.54. The van der Waals surface area contributed by atoms with Crippen LogP contribution in [-0.4, -0.2) is 39.6 Å². The van der Waals surface area contributed by atoms with Crippen molar-refractivity contribution in [2.24, 2.45) is 0 Å². The van der Waals surface area contributed by atoms with Crippen LogP contribution in [-0.2, 0) is 4.79 Å². The molecule has 0 aromatic carbocycles. The zero-order valence-corrected chi connectivity index (χ0v) is 14.8. The van der Waals surface area contributed by atoms with Gasteiger partial charge in [0, 0.05) is 41.3 Å². The van der Waals surface area contributed by atoms with Crippen LogP contribution in [0.2, 0.25) is 5.02 Å². The summed E-state index contributed by atoms with van der Waals surface area (Å²) in [7, 11) is 0. The van der Waals surface area contributed by atoms with Gasteiger partial charge in [0.1, 0.15) is 18.2 Å². The highest BCUT2D eigenvalue weighted by Gasteiger charge is 2.28. The van der Waals surface area contributed by atoms with Gasteiger partial charge >= 0.3 is 6.18 Å². The number of aromatic nitrogens is 3. The SMILES string of the molecule is C[C@@H](Nc1cncc(-c2c[nH]c3ncc(Cl)cc23)c1)C(=O)NCC(F)(F)F. The number of H-pyrrole nitrogens is 1. The van der Waals surface area contributed by atoms with Gasteiger partial charge in [0.15, 0.2) is 0 Å². The molecule has 3 N–H and O–H groups in total. The number of pyridine rings is 2. The molecule has 10 heteroatoms. The molecule has 6 nitrogen and oxygen atoms in total. The molecule has 1 atom stereocenters. The molecular weight excluding hydrogens is 383 g/mol. The minimum atomic E-state index is -4.46. The molecule has 0 saturated heterocycles. The molecule has 27 heavy (non-hydrogen) atoms. The van der Waals surface area contributed by atoms with Crippen LogP contribution in [0.1, 0.15) is 6.92 Å². The third kappa shape index (κ3) is 4.68. The number of carbonyl (C=O) groups is 1. The molecule has 0 fully saturated rings. The van der Waals surface area contributed by atoms with Gasteiger partial charge < -0.3 is 15.6 Å². The number of nitrogens with one attached hydrogen (secondary N) is 3. The van der Waals surface area contributed by atoms with E-state index in [1.54, 1.807) is 24.5 Å². The number of hydrogen-bond donors (Lipinski definition) is 3. The van der Waals surface area contributed by atoms with Gasteiger partial charge in [0.05, 0.1) is 10.7 Å². The molecule has 3 aromatic rings. The zero-order valence-electron chi connectivity index (χ0n) is 14.1. The third-order valence-electron chi connectivity index (χ3n) is 3.79. The molecule has 0 aliphatic heterocycles. The van der Waals surface area contributed by atoms with E-state index < -0.39 is 24.7 Å². The van der Waals surface area contributed by atoms with Gasteiger partial charge in [-0.05, 0) is 19.1 Å². The second-order valence-electron chi connectivity index (χ2n) is 5.91. The van der Waals surface area contributed by atoms with E-state index in [0.29, 0.717) is 16.4 Å². The van der Waals surface area contributed by atoms with Crippen LogP contribution < -0.4 is 10.6 Å². The molecule has 142 valence electrons. The van der Waals surface area contributed by atoms with Gasteiger partial charge in [-0.3, -0.25) is 9.78 Å². The minimum absolute atomic E-state index is 0.487. The largest absolute Gasteiger partial charge is 0.405 e. The summed E-state index contributed by atoms with van der Waals surface area (Å²) in [5.41, 5.74) is 2.70. The van der Waals surface area contributed by atoms with Crippen molar-refractivity contribution in [3.63, 3.8) is 0 Å². The van der Waals surface area contributed by atoms with Crippen LogP contribution >= 0.6 is 11.6 Å². The van der Waals surface area contributed by atoms with E-state index in [0.717, 1.165) is 16.5 Å². The van der Waals surface area contributed by atoms with Gasteiger partial charge in [-0.25, -0.2) is 4.98 Å². The standard InChI is InChI=1S/C17H15ClF3N5O/c1-9(16(27)25-8-17(19,20)21)26-12-2-10(4-22-6-12)14-7-24-15-13(14)3-11(18)5-23-15/h2-7,9,26H,8H2,1H3,(H,23,24)(H,25,27)/t9-/m1/s1. The predicted octanol–water partition coefficient (Wildman–Crippen LogP) is 3.76. The molecule has 0 aliphatic carbocycles. The lowest BCUT2D eigenvalue weighted by molar-refractivity contribution is -0.138. The predicted molar refractivity (Wildman–Crippen MR) is 96.5 cm³/mol. The maximum Gasteiger partial charge on any atom is 0.405 e. The van der Waals surface area contributed by atoms with Gasteiger partial charge in [-0.15, -0.1) is 0 Å². The summed E-state index contributed by atoms with van der Waals surface area (Å²) in [5, 5.41) is 5.98. The number of carbonyl (C=O) groups excluding carboxylic acids is 1. The number of fused-ring (bicyclic) bond motifs is 1. The van der Waals surface area contributed by atoms with Crippen molar-refractivity contribution in [1.29, 1.82) is 0 Å². The average molecular weight is 398 g/mol. The van der Waals surface area contributed by atoms with Crippen molar-refractivity contribution in [3.05, 3.63) is 41.9 Å². The molecule has 3 rings (SSSR count). The fraction of sp³-hybridized carbons (Fsp3) is 0.235. The second-order valence-corrected chi connectivity index (χ2v) is 6.35. The number of alkyl halides is 3. The van der Waals surface area contributed by atoms with Crippen LogP contribution in [0.4, 0.5) is 18.9 Å². The first-order valence-corrected chi connectivity index (χ1v) is 8.30. The van der Waals surface area contributed by atoms with E-state index in [9.17, 15) is 18.0 Å². The summed E-state index contributed by atoms with van der Waals surface area (Å²) in [4.78, 5) is 23.2. The van der Waals surface area contributed by atoms with Gasteiger partial charge in [0.2, 0.25) is 5.91 Å². The number of nitrogens with zero attached hydrogens (tertiary/aromatic N) is 2. The van der Waals surface area contributed by atoms with E-state index >= 15 is 0 Å². The molecule has 3 heterocycles. The number of aromatic amines is 1. The average Bonchev–Trinajstić information content (AvgIpc) is 3.02. The van der Waals surface area contributed by atoms with Crippen LogP contribution in [0.25, 0.3) is 22.2 Å². The van der Waals surface area contributed by atoms with Crippen molar-refractivity contribution < 1.29 is 18.0 Å². The Kier molecular flexibility index (Phi) is 5.22. The van der Waals surface area contributed by atoms with Crippen molar-refractivity contribution in [2.75, 3.05) is 11.9 Å². The van der Waals surface area contributed by atoms with Crippen LogP contribution in [0, 0.1) is 0 Å². The van der Waals surface area contributed by atoms with E-state index in [1.807, 2.05) is 5.32 Å². The number of rotatable bonds is 5. The Morgan fingerprint density at radius 2 is 2.07 bits per heavy atom. The molecule has 0 radical (unpaired) electrons. The van der Waals surface area contributed by atoms with Crippen LogP contribution in [0.15, 0.2) is 36.9 Å². The Morgan fingerprint density at radius 1 is 1.30 bits per heavy atom. The molecule has 0 aliphatic rings. The summed E-state index contributed by atoms with van der Waals surface area (Å²) in [6, 6.07) is 2.64. The highest BCUT2D eigenvalue weighted by atomic mass is 35.5. The highest BCUT2D eigenvalue weighted by Crippen LogP contribution is 2.30. The molecule has 1 amide bonds. The summed E-state index contributed by atoms with van der Waals surface area (Å²) in [6.45, 7) is 0.0903. The zero-order chi connectivity index (χ0) is 19.6. The maximum absolute atomic E-state index is 12.2. The van der Waals surface area contributed by atoms with Gasteiger partial charge in [-0.1, -0.05) is 11.6 Å². The highest BCUT2D eigenvalue weighted by molar-refractivity contribution is 6.31. The van der Waals surface area contributed by atoms with Crippen LogP contribution in [0.5, 0.6) is 0 Å². The van der Waals surface area contributed by atoms with Crippen molar-refractivity contribution in [1.82, 2.24) is 20.3 Å². The third-order valence-corrected chi connectivity index (χ3v) is 3.99. The van der Waals surface area contributed by atoms with Gasteiger partial charge in [0.25, 0.3) is 0 Å². The lowest BCUT2D eigenvalue weighted by atomic mass is 10.1. The lowest BCUT2D eigenvalue weighted by Gasteiger charge is -2.16. The Balaban J connectivity index is 1.77. The van der Waals surface area contributed by atoms with Crippen molar-refractivity contribution >= 4 is 34.2 Å². The second kappa shape index (κ2) is 7.43. The Labute approximate surface area is 157 Å². The molecular formula is C17H15ClF3N5O. The molecule has 0 unspecified atom stereocenters. The summed E-state index contributed by atoms with van der Waals surface area (Å²) < 4.78 is 36.6. The smallest absolute Gasteiger partial charge is 0.373 e. The number of hydrogen-bond acceptors (Lipinski definition) is 4. The first-order chi connectivity index (χ1) is 12.7. The molecule has 0 saturated carbocycles. The Morgan fingerprint density at radius 3 is 2.81 bits per heavy atom. The first-order valence-electron chi connectivity index (χ1n) is 7.92. The van der Waals surface area contributed by atoms with Crippen LogP contribution in [0.3, 0.4) is 0 Å². The molecule has 0 spiro atoms. The van der Waals surface area contributed by atoms with E-state index in [2.05, 4.69) is 20.3 Å². The normalized spacial score (nSPS) is 12.8. The van der Waals surface area contributed by atoms with E-state index in [-0.39, 0.29) is 0 Å². The Bertz CT molecular complexity index is 973. The van der Waals surface area contributed by atoms with Crippen molar-refractivity contribution in [3.8, 4) is 11.1 Å². The summed E-state index contributed by atoms with van der Waals surface area (Å²) >= 11 is 6.00. The summed E-state index contributed by atoms with van der Waals surface area (Å²) in [6.07, 6.45) is 1.94. The number of halogens is 4. The van der Waals surface area contributed by atoms with E-state index in [1.165, 1.54) is 19.3 Å². The summed E-state index contributed by atoms with van der Waals surface area (Å²) in [5.74, 6) is -0.763.